The summed E-state index contributed by atoms with van der Waals surface area (Å²) < 4.78 is 14.8. The molecule has 5 heteroatoms. The molecule has 1 heterocycles. The highest BCUT2D eigenvalue weighted by atomic mass is 19.1. The van der Waals surface area contributed by atoms with Gasteiger partial charge in [0.1, 0.15) is 17.4 Å². The summed E-state index contributed by atoms with van der Waals surface area (Å²) in [5.74, 6) is 0.436. The zero-order valence-electron chi connectivity index (χ0n) is 10.4. The van der Waals surface area contributed by atoms with Crippen molar-refractivity contribution < 1.29 is 9.50 Å². The van der Waals surface area contributed by atoms with Gasteiger partial charge in [-0.25, -0.2) is 9.37 Å². The lowest BCUT2D eigenvalue weighted by Gasteiger charge is -2.15. The zero-order chi connectivity index (χ0) is 13.1. The van der Waals surface area contributed by atoms with E-state index in [1.807, 2.05) is 24.7 Å². The minimum absolute atomic E-state index is 0.0326. The number of rotatable bonds is 4. The van der Waals surface area contributed by atoms with Gasteiger partial charge < -0.3 is 15.0 Å². The van der Waals surface area contributed by atoms with E-state index in [2.05, 4.69) is 10.3 Å². The van der Waals surface area contributed by atoms with Gasteiger partial charge in [-0.15, -0.1) is 0 Å². The van der Waals surface area contributed by atoms with Crippen molar-refractivity contribution in [1.29, 1.82) is 0 Å². The first kappa shape index (κ1) is 12.6. The molecule has 0 fully saturated rings. The third-order valence-corrected chi connectivity index (χ3v) is 2.95. The molecular formula is C13H16FN3O. The van der Waals surface area contributed by atoms with Crippen LogP contribution in [0.25, 0.3) is 0 Å². The predicted octanol–water partition coefficient (Wildman–Crippen LogP) is 2.12. The Bertz CT molecular complexity index is 539. The minimum atomic E-state index is -0.437. The number of benzene rings is 1. The van der Waals surface area contributed by atoms with E-state index < -0.39 is 5.82 Å². The Labute approximate surface area is 105 Å². The monoisotopic (exact) mass is 249 g/mol. The Hall–Kier alpha value is -1.88. The number of aryl methyl sites for hydroxylation is 1. The van der Waals surface area contributed by atoms with Gasteiger partial charge in [-0.1, -0.05) is 6.07 Å². The molecular weight excluding hydrogens is 233 g/mol. The second-order valence-corrected chi connectivity index (χ2v) is 4.26. The van der Waals surface area contributed by atoms with Crippen molar-refractivity contribution in [2.45, 2.75) is 19.5 Å². The number of nitrogens with zero attached hydrogens (tertiary/aromatic N) is 2. The predicted molar refractivity (Wildman–Crippen MR) is 66.5 cm³/mol. The normalized spacial score (nSPS) is 12.6. The Balaban J connectivity index is 2.03. The van der Waals surface area contributed by atoms with Crippen molar-refractivity contribution in [2.75, 3.05) is 0 Å². The molecule has 0 saturated carbocycles. The number of hydrogen-bond acceptors (Lipinski definition) is 3. The average Bonchev–Trinajstić information content (AvgIpc) is 2.72. The van der Waals surface area contributed by atoms with Gasteiger partial charge in [0, 0.05) is 37.1 Å². The molecule has 1 aromatic heterocycles. The van der Waals surface area contributed by atoms with Gasteiger partial charge >= 0.3 is 0 Å². The first-order valence-electron chi connectivity index (χ1n) is 5.76. The molecule has 0 aliphatic heterocycles. The Kier molecular flexibility index (Phi) is 3.62. The molecule has 96 valence electrons. The van der Waals surface area contributed by atoms with E-state index in [-0.39, 0.29) is 11.8 Å². The quantitative estimate of drug-likeness (QED) is 0.872. The van der Waals surface area contributed by atoms with Crippen LogP contribution in [-0.2, 0) is 13.6 Å². The van der Waals surface area contributed by atoms with E-state index in [1.54, 1.807) is 12.3 Å². The highest BCUT2D eigenvalue weighted by Gasteiger charge is 2.11. The molecule has 2 rings (SSSR count). The summed E-state index contributed by atoms with van der Waals surface area (Å²) in [6, 6.07) is 3.96. The molecule has 0 radical (unpaired) electrons. The van der Waals surface area contributed by atoms with Gasteiger partial charge in [0.2, 0.25) is 0 Å². The number of phenols is 1. The maximum Gasteiger partial charge on any atom is 0.126 e. The zero-order valence-corrected chi connectivity index (χ0v) is 10.4. The van der Waals surface area contributed by atoms with Crippen molar-refractivity contribution in [1.82, 2.24) is 14.9 Å². The number of hydrogen-bond donors (Lipinski definition) is 2. The summed E-state index contributed by atoms with van der Waals surface area (Å²) in [5.41, 5.74) is 0.672. The fourth-order valence-electron chi connectivity index (χ4n) is 1.80. The molecule has 2 aromatic rings. The van der Waals surface area contributed by atoms with Crippen molar-refractivity contribution in [3.8, 4) is 5.75 Å². The molecule has 0 saturated heterocycles. The molecule has 0 bridgehead atoms. The van der Waals surface area contributed by atoms with Crippen molar-refractivity contribution in [3.05, 3.63) is 47.8 Å². The van der Waals surface area contributed by atoms with Gasteiger partial charge in [-0.2, -0.15) is 0 Å². The summed E-state index contributed by atoms with van der Waals surface area (Å²) in [6.07, 6.45) is 3.61. The maximum atomic E-state index is 12.9. The summed E-state index contributed by atoms with van der Waals surface area (Å²) in [7, 11) is 1.92. The molecule has 0 aliphatic rings. The minimum Gasteiger partial charge on any atom is -0.508 e. The molecule has 1 atom stereocenters. The lowest BCUT2D eigenvalue weighted by Crippen LogP contribution is -2.20. The van der Waals surface area contributed by atoms with Crippen LogP contribution in [-0.4, -0.2) is 14.7 Å². The lowest BCUT2D eigenvalue weighted by atomic mass is 10.1. The summed E-state index contributed by atoms with van der Waals surface area (Å²) >= 11 is 0. The molecule has 1 unspecified atom stereocenters. The van der Waals surface area contributed by atoms with Gasteiger partial charge in [-0.05, 0) is 13.0 Å². The third kappa shape index (κ3) is 2.68. The second kappa shape index (κ2) is 5.18. The van der Waals surface area contributed by atoms with Crippen LogP contribution < -0.4 is 5.32 Å². The van der Waals surface area contributed by atoms with E-state index in [9.17, 15) is 9.50 Å². The van der Waals surface area contributed by atoms with Crippen LogP contribution >= 0.6 is 0 Å². The third-order valence-electron chi connectivity index (χ3n) is 2.95. The average molecular weight is 249 g/mol. The first-order valence-corrected chi connectivity index (χ1v) is 5.76. The van der Waals surface area contributed by atoms with Crippen LogP contribution in [0.15, 0.2) is 30.6 Å². The lowest BCUT2D eigenvalue weighted by molar-refractivity contribution is 0.445. The topological polar surface area (TPSA) is 50.1 Å². The molecule has 2 N–H and O–H groups in total. The molecule has 1 aromatic carbocycles. The standard InChI is InChI=1S/C13H16FN3O/c1-9(11-4-3-10(14)7-12(11)18)16-8-13-15-5-6-17(13)2/h3-7,9,16,18H,8H2,1-2H3. The van der Waals surface area contributed by atoms with Crippen LogP contribution in [0.3, 0.4) is 0 Å². The van der Waals surface area contributed by atoms with Crippen LogP contribution in [0.4, 0.5) is 4.39 Å². The summed E-state index contributed by atoms with van der Waals surface area (Å²) in [6.45, 7) is 2.50. The van der Waals surface area contributed by atoms with Crippen LogP contribution in [0.1, 0.15) is 24.4 Å². The van der Waals surface area contributed by atoms with E-state index in [1.165, 1.54) is 6.07 Å². The molecule has 4 nitrogen and oxygen atoms in total. The molecule has 0 aliphatic carbocycles. The van der Waals surface area contributed by atoms with Crippen LogP contribution in [0.5, 0.6) is 5.75 Å². The number of nitrogens with one attached hydrogen (secondary N) is 1. The number of halogens is 1. The molecule has 0 spiro atoms. The maximum absolute atomic E-state index is 12.9. The highest BCUT2D eigenvalue weighted by molar-refractivity contribution is 5.34. The first-order chi connectivity index (χ1) is 8.58. The van der Waals surface area contributed by atoms with Crippen LogP contribution in [0, 0.1) is 5.82 Å². The van der Waals surface area contributed by atoms with Gasteiger partial charge in [0.15, 0.2) is 0 Å². The number of aromatic hydroxyl groups is 1. The molecule has 18 heavy (non-hydrogen) atoms. The fourth-order valence-corrected chi connectivity index (χ4v) is 1.80. The van der Waals surface area contributed by atoms with Gasteiger partial charge in [-0.3, -0.25) is 0 Å². The van der Waals surface area contributed by atoms with Crippen molar-refractivity contribution in [3.63, 3.8) is 0 Å². The largest absolute Gasteiger partial charge is 0.508 e. The number of imidazole rings is 1. The SMILES string of the molecule is CC(NCc1nccn1C)c1ccc(F)cc1O. The van der Waals surface area contributed by atoms with E-state index in [0.29, 0.717) is 12.1 Å². The van der Waals surface area contributed by atoms with Gasteiger partial charge in [0.25, 0.3) is 0 Å². The number of phenolic OH excluding ortho intramolecular Hbond substituents is 1. The molecule has 0 amide bonds. The highest BCUT2D eigenvalue weighted by Crippen LogP contribution is 2.24. The Morgan fingerprint density at radius 3 is 2.89 bits per heavy atom. The van der Waals surface area contributed by atoms with Crippen molar-refractivity contribution >= 4 is 0 Å². The van der Waals surface area contributed by atoms with E-state index in [0.717, 1.165) is 11.9 Å². The smallest absolute Gasteiger partial charge is 0.126 e. The fraction of sp³-hybridized carbons (Fsp3) is 0.308. The van der Waals surface area contributed by atoms with Gasteiger partial charge in [0.05, 0.1) is 6.54 Å². The van der Waals surface area contributed by atoms with Crippen molar-refractivity contribution in [2.24, 2.45) is 7.05 Å². The Morgan fingerprint density at radius 1 is 1.50 bits per heavy atom. The summed E-state index contributed by atoms with van der Waals surface area (Å²) in [5, 5.41) is 12.9. The van der Waals surface area contributed by atoms with E-state index in [4.69, 9.17) is 0 Å². The second-order valence-electron chi connectivity index (χ2n) is 4.26. The number of aromatic nitrogens is 2. The Morgan fingerprint density at radius 2 is 2.28 bits per heavy atom. The van der Waals surface area contributed by atoms with Crippen LogP contribution in [0.2, 0.25) is 0 Å². The summed E-state index contributed by atoms with van der Waals surface area (Å²) in [4.78, 5) is 4.20. The van der Waals surface area contributed by atoms with E-state index >= 15 is 0 Å².